The van der Waals surface area contributed by atoms with E-state index in [1.165, 1.54) is 5.56 Å². The van der Waals surface area contributed by atoms with E-state index < -0.39 is 0 Å². The highest BCUT2D eigenvalue weighted by Gasteiger charge is 2.01. The van der Waals surface area contributed by atoms with Crippen LogP contribution in [0.15, 0.2) is 25.3 Å². The maximum Gasteiger partial charge on any atom is 0.0633 e. The largest absolute Gasteiger partial charge is 0.249 e. The summed E-state index contributed by atoms with van der Waals surface area (Å²) in [5.74, 6) is 0.514. The lowest BCUT2D eigenvalue weighted by Crippen LogP contribution is -1.93. The van der Waals surface area contributed by atoms with Crippen molar-refractivity contribution in [2.45, 2.75) is 19.8 Å². The maximum absolute atomic E-state index is 4.32. The van der Waals surface area contributed by atoms with Crippen molar-refractivity contribution in [1.82, 2.24) is 4.98 Å². The summed E-state index contributed by atoms with van der Waals surface area (Å²) in [5, 5.41) is 0. The van der Waals surface area contributed by atoms with Crippen LogP contribution < -0.4 is 0 Å². The van der Waals surface area contributed by atoms with Crippen molar-refractivity contribution in [3.8, 4) is 0 Å². The predicted octanol–water partition coefficient (Wildman–Crippen LogP) is 3.49. The van der Waals surface area contributed by atoms with E-state index in [0.717, 1.165) is 11.4 Å². The minimum atomic E-state index is 0.514. The summed E-state index contributed by atoms with van der Waals surface area (Å²) in [5.41, 5.74) is 3.11. The Morgan fingerprint density at radius 2 is 1.62 bits per heavy atom. The van der Waals surface area contributed by atoms with Crippen LogP contribution in [-0.2, 0) is 0 Å². The van der Waals surface area contributed by atoms with Gasteiger partial charge in [-0.05, 0) is 35.8 Å². The van der Waals surface area contributed by atoms with Crippen molar-refractivity contribution in [1.29, 1.82) is 0 Å². The Kier molecular flexibility index (Phi) is 3.02. The third-order valence-electron chi connectivity index (χ3n) is 1.97. The molecule has 0 aliphatic rings. The minimum absolute atomic E-state index is 0.514. The van der Waals surface area contributed by atoms with E-state index in [1.54, 1.807) is 12.2 Å². The zero-order valence-electron chi connectivity index (χ0n) is 8.25. The van der Waals surface area contributed by atoms with Crippen molar-refractivity contribution < 1.29 is 0 Å². The van der Waals surface area contributed by atoms with Crippen molar-refractivity contribution in [3.63, 3.8) is 0 Å². The molecule has 0 unspecified atom stereocenters. The SMILES string of the molecule is C=Cc1cc(C(C)C)cc(C=C)n1. The van der Waals surface area contributed by atoms with Crippen LogP contribution >= 0.6 is 0 Å². The molecule has 1 aromatic rings. The molecule has 1 heteroatoms. The summed E-state index contributed by atoms with van der Waals surface area (Å²) in [4.78, 5) is 4.32. The van der Waals surface area contributed by atoms with E-state index in [-0.39, 0.29) is 0 Å². The van der Waals surface area contributed by atoms with Gasteiger partial charge < -0.3 is 0 Å². The summed E-state index contributed by atoms with van der Waals surface area (Å²) in [6, 6.07) is 4.12. The van der Waals surface area contributed by atoms with Crippen molar-refractivity contribution in [3.05, 3.63) is 42.2 Å². The molecule has 0 amide bonds. The topological polar surface area (TPSA) is 12.9 Å². The van der Waals surface area contributed by atoms with Gasteiger partial charge in [-0.25, -0.2) is 4.98 Å². The molecule has 0 saturated carbocycles. The van der Waals surface area contributed by atoms with E-state index in [0.29, 0.717) is 5.92 Å². The first-order chi connectivity index (χ1) is 6.17. The molecule has 0 radical (unpaired) electrons. The van der Waals surface area contributed by atoms with Gasteiger partial charge in [-0.15, -0.1) is 0 Å². The molecule has 1 aromatic heterocycles. The average molecular weight is 173 g/mol. The zero-order chi connectivity index (χ0) is 9.84. The number of aromatic nitrogens is 1. The van der Waals surface area contributed by atoms with Crippen molar-refractivity contribution >= 4 is 12.2 Å². The summed E-state index contributed by atoms with van der Waals surface area (Å²) < 4.78 is 0. The van der Waals surface area contributed by atoms with Gasteiger partial charge in [-0.2, -0.15) is 0 Å². The molecule has 0 aliphatic carbocycles. The molecule has 1 heterocycles. The van der Waals surface area contributed by atoms with E-state index in [2.05, 4.69) is 44.1 Å². The first-order valence-corrected chi connectivity index (χ1v) is 4.44. The van der Waals surface area contributed by atoms with Gasteiger partial charge >= 0.3 is 0 Å². The van der Waals surface area contributed by atoms with Crippen LogP contribution in [0, 0.1) is 0 Å². The lowest BCUT2D eigenvalue weighted by Gasteiger charge is -2.07. The van der Waals surface area contributed by atoms with Crippen molar-refractivity contribution in [2.24, 2.45) is 0 Å². The van der Waals surface area contributed by atoms with Crippen LogP contribution in [0.4, 0.5) is 0 Å². The van der Waals surface area contributed by atoms with E-state index >= 15 is 0 Å². The molecule has 1 nitrogen and oxygen atoms in total. The van der Waals surface area contributed by atoms with Crippen LogP contribution in [-0.4, -0.2) is 4.98 Å². The molecule has 0 atom stereocenters. The fourth-order valence-corrected chi connectivity index (χ4v) is 1.14. The maximum atomic E-state index is 4.32. The lowest BCUT2D eigenvalue weighted by atomic mass is 10.0. The molecule has 0 fully saturated rings. The first kappa shape index (κ1) is 9.72. The fourth-order valence-electron chi connectivity index (χ4n) is 1.14. The number of nitrogens with zero attached hydrogens (tertiary/aromatic N) is 1. The summed E-state index contributed by atoms with van der Waals surface area (Å²) in [6.45, 7) is 11.7. The van der Waals surface area contributed by atoms with Gasteiger partial charge in [0.15, 0.2) is 0 Å². The Balaban J connectivity index is 3.22. The van der Waals surface area contributed by atoms with Gasteiger partial charge in [0.1, 0.15) is 0 Å². The predicted molar refractivity (Wildman–Crippen MR) is 58.5 cm³/mol. The zero-order valence-corrected chi connectivity index (χ0v) is 8.25. The Bertz CT molecular complexity index is 298. The molecule has 0 saturated heterocycles. The lowest BCUT2D eigenvalue weighted by molar-refractivity contribution is 0.861. The van der Waals surface area contributed by atoms with E-state index in [9.17, 15) is 0 Å². The number of pyridine rings is 1. The van der Waals surface area contributed by atoms with Crippen LogP contribution in [0.5, 0.6) is 0 Å². The average Bonchev–Trinajstić information content (AvgIpc) is 2.16. The Labute approximate surface area is 79.8 Å². The second-order valence-electron chi connectivity index (χ2n) is 3.31. The third-order valence-corrected chi connectivity index (χ3v) is 1.97. The van der Waals surface area contributed by atoms with E-state index in [1.807, 2.05) is 0 Å². The van der Waals surface area contributed by atoms with E-state index in [4.69, 9.17) is 0 Å². The third kappa shape index (κ3) is 2.28. The number of rotatable bonds is 3. The molecule has 1 rings (SSSR count). The minimum Gasteiger partial charge on any atom is -0.249 e. The van der Waals surface area contributed by atoms with Crippen LogP contribution in [0.3, 0.4) is 0 Å². The highest BCUT2D eigenvalue weighted by atomic mass is 14.7. The molecule has 0 N–H and O–H groups in total. The standard InChI is InChI=1S/C12H15N/c1-5-11-7-10(9(3)4)8-12(6-2)13-11/h5-9H,1-2H2,3-4H3. The van der Waals surface area contributed by atoms with Crippen molar-refractivity contribution in [2.75, 3.05) is 0 Å². The van der Waals surface area contributed by atoms with Crippen LogP contribution in [0.2, 0.25) is 0 Å². The van der Waals surface area contributed by atoms with Gasteiger partial charge in [-0.3, -0.25) is 0 Å². The second-order valence-corrected chi connectivity index (χ2v) is 3.31. The highest BCUT2D eigenvalue weighted by molar-refractivity contribution is 5.50. The van der Waals surface area contributed by atoms with Gasteiger partial charge in [0.25, 0.3) is 0 Å². The fraction of sp³-hybridized carbons (Fsp3) is 0.250. The Morgan fingerprint density at radius 1 is 1.15 bits per heavy atom. The van der Waals surface area contributed by atoms with Gasteiger partial charge in [0.05, 0.1) is 11.4 Å². The number of hydrogen-bond donors (Lipinski definition) is 0. The summed E-state index contributed by atoms with van der Waals surface area (Å²) in [7, 11) is 0. The number of hydrogen-bond acceptors (Lipinski definition) is 1. The molecular formula is C12H15N. The highest BCUT2D eigenvalue weighted by Crippen LogP contribution is 2.17. The summed E-state index contributed by atoms with van der Waals surface area (Å²) in [6.07, 6.45) is 3.53. The normalized spacial score (nSPS) is 10.1. The quantitative estimate of drug-likeness (QED) is 0.681. The molecule has 0 bridgehead atoms. The van der Waals surface area contributed by atoms with Crippen LogP contribution in [0.1, 0.15) is 36.7 Å². The second kappa shape index (κ2) is 4.04. The van der Waals surface area contributed by atoms with Crippen LogP contribution in [0.25, 0.3) is 12.2 Å². The van der Waals surface area contributed by atoms with Gasteiger partial charge in [0, 0.05) is 0 Å². The molecule has 0 spiro atoms. The Morgan fingerprint density at radius 3 is 1.92 bits per heavy atom. The smallest absolute Gasteiger partial charge is 0.0633 e. The Hall–Kier alpha value is -1.37. The van der Waals surface area contributed by atoms with Gasteiger partial charge in [0.2, 0.25) is 0 Å². The molecule has 13 heavy (non-hydrogen) atoms. The first-order valence-electron chi connectivity index (χ1n) is 4.44. The molecule has 0 aromatic carbocycles. The molecular weight excluding hydrogens is 158 g/mol. The monoisotopic (exact) mass is 173 g/mol. The summed E-state index contributed by atoms with van der Waals surface area (Å²) >= 11 is 0. The van der Waals surface area contributed by atoms with Gasteiger partial charge in [-0.1, -0.05) is 27.0 Å². The molecule has 68 valence electrons. The molecule has 0 aliphatic heterocycles.